The van der Waals surface area contributed by atoms with Gasteiger partial charge in [0.05, 0.1) is 22.8 Å². The highest BCUT2D eigenvalue weighted by atomic mass is 32.1. The molecule has 14 heavy (non-hydrogen) atoms. The predicted molar refractivity (Wildman–Crippen MR) is 55.4 cm³/mol. The monoisotopic (exact) mass is 208 g/mol. The van der Waals surface area contributed by atoms with E-state index < -0.39 is 5.97 Å². The summed E-state index contributed by atoms with van der Waals surface area (Å²) in [6.45, 7) is 0. The van der Waals surface area contributed by atoms with Gasteiger partial charge in [-0.25, -0.2) is 9.78 Å². The Bertz CT molecular complexity index is 493. The second-order valence-electron chi connectivity index (χ2n) is 2.72. The molecule has 0 fully saturated rings. The summed E-state index contributed by atoms with van der Waals surface area (Å²) >= 11 is 1.38. The number of thiazole rings is 1. The molecular formula is C9H8N2O2S. The van der Waals surface area contributed by atoms with Crippen molar-refractivity contribution in [3.05, 3.63) is 23.2 Å². The van der Waals surface area contributed by atoms with Gasteiger partial charge in [0.15, 0.2) is 0 Å². The number of ether oxygens (including phenoxy) is 1. The third-order valence-corrected chi connectivity index (χ3v) is 2.78. The fourth-order valence-electron chi connectivity index (χ4n) is 1.26. The van der Waals surface area contributed by atoms with Gasteiger partial charge in [0.1, 0.15) is 5.56 Å². The Hall–Kier alpha value is -1.62. The molecule has 1 heterocycles. The molecule has 0 atom stereocenters. The molecule has 0 spiro atoms. The van der Waals surface area contributed by atoms with E-state index in [1.54, 1.807) is 17.6 Å². The minimum absolute atomic E-state index is 0.410. The molecule has 1 aromatic heterocycles. The van der Waals surface area contributed by atoms with Crippen LogP contribution in [0.1, 0.15) is 10.4 Å². The first-order chi connectivity index (χ1) is 6.74. The normalized spacial score (nSPS) is 10.4. The van der Waals surface area contributed by atoms with Crippen LogP contribution in [0.4, 0.5) is 5.69 Å². The number of rotatable bonds is 1. The quantitative estimate of drug-likeness (QED) is 0.571. The van der Waals surface area contributed by atoms with Crippen molar-refractivity contribution in [2.24, 2.45) is 0 Å². The Balaban J connectivity index is 2.76. The second kappa shape index (κ2) is 3.26. The molecule has 72 valence electrons. The molecule has 1 aromatic carbocycles. The molecule has 0 aliphatic rings. The minimum Gasteiger partial charge on any atom is -0.465 e. The molecule has 0 saturated heterocycles. The van der Waals surface area contributed by atoms with Crippen LogP contribution in [0.5, 0.6) is 0 Å². The first kappa shape index (κ1) is 8.96. The summed E-state index contributed by atoms with van der Waals surface area (Å²) in [5, 5.41) is 0. The molecule has 0 bridgehead atoms. The first-order valence-corrected chi connectivity index (χ1v) is 4.82. The number of aromatic nitrogens is 1. The minimum atomic E-state index is -0.419. The number of nitrogens with zero attached hydrogens (tertiary/aromatic N) is 1. The second-order valence-corrected chi connectivity index (χ2v) is 3.58. The number of nitrogen functional groups attached to an aromatic ring is 1. The van der Waals surface area contributed by atoms with E-state index in [1.807, 2.05) is 0 Å². The molecule has 2 aromatic rings. The highest BCUT2D eigenvalue weighted by Crippen LogP contribution is 2.27. The number of carbonyl (C=O) groups excluding carboxylic acids is 1. The lowest BCUT2D eigenvalue weighted by Gasteiger charge is -2.03. The number of esters is 1. The number of nitrogens with two attached hydrogens (primary N) is 1. The number of fused-ring (bicyclic) bond motifs is 1. The van der Waals surface area contributed by atoms with Gasteiger partial charge in [0, 0.05) is 5.69 Å². The summed E-state index contributed by atoms with van der Waals surface area (Å²) in [7, 11) is 1.33. The Labute approximate surface area is 84.3 Å². The SMILES string of the molecule is COC(=O)c1c(N)ccc2ncsc12. The van der Waals surface area contributed by atoms with Crippen LogP contribution in [0.25, 0.3) is 10.2 Å². The smallest absolute Gasteiger partial charge is 0.341 e. The molecule has 0 saturated carbocycles. The van der Waals surface area contributed by atoms with Crippen molar-refractivity contribution in [2.75, 3.05) is 12.8 Å². The van der Waals surface area contributed by atoms with E-state index in [2.05, 4.69) is 9.72 Å². The summed E-state index contributed by atoms with van der Waals surface area (Å²) in [6.07, 6.45) is 0. The highest BCUT2D eigenvalue weighted by molar-refractivity contribution is 7.17. The lowest BCUT2D eigenvalue weighted by molar-refractivity contribution is 0.0604. The maximum Gasteiger partial charge on any atom is 0.341 e. The molecule has 0 radical (unpaired) electrons. The van der Waals surface area contributed by atoms with Crippen molar-refractivity contribution in [1.29, 1.82) is 0 Å². The van der Waals surface area contributed by atoms with Crippen LogP contribution in [0.2, 0.25) is 0 Å². The largest absolute Gasteiger partial charge is 0.465 e. The summed E-state index contributed by atoms with van der Waals surface area (Å²) in [6, 6.07) is 3.45. The van der Waals surface area contributed by atoms with Gasteiger partial charge in [-0.05, 0) is 12.1 Å². The maximum absolute atomic E-state index is 11.4. The summed E-state index contributed by atoms with van der Waals surface area (Å²) < 4.78 is 5.43. The number of hydrogen-bond acceptors (Lipinski definition) is 5. The van der Waals surface area contributed by atoms with Crippen molar-refractivity contribution in [3.8, 4) is 0 Å². The van der Waals surface area contributed by atoms with Crippen LogP contribution in [0.15, 0.2) is 17.6 Å². The van der Waals surface area contributed by atoms with Gasteiger partial charge in [-0.3, -0.25) is 0 Å². The molecule has 0 amide bonds. The van der Waals surface area contributed by atoms with Crippen molar-refractivity contribution < 1.29 is 9.53 Å². The van der Waals surface area contributed by atoms with Gasteiger partial charge in [-0.15, -0.1) is 11.3 Å². The number of carbonyl (C=O) groups is 1. The van der Waals surface area contributed by atoms with Crippen molar-refractivity contribution in [2.45, 2.75) is 0 Å². The standard InChI is InChI=1S/C9H8N2O2S/c1-13-9(12)7-5(10)2-3-6-8(7)14-4-11-6/h2-4H,10H2,1H3. The van der Waals surface area contributed by atoms with Crippen LogP contribution >= 0.6 is 11.3 Å². The van der Waals surface area contributed by atoms with Gasteiger partial charge in [-0.2, -0.15) is 0 Å². The highest BCUT2D eigenvalue weighted by Gasteiger charge is 2.15. The zero-order chi connectivity index (χ0) is 10.1. The number of benzene rings is 1. The fraction of sp³-hybridized carbons (Fsp3) is 0.111. The maximum atomic E-state index is 11.4. The third-order valence-electron chi connectivity index (χ3n) is 1.92. The number of hydrogen-bond donors (Lipinski definition) is 1. The topological polar surface area (TPSA) is 65.2 Å². The fourth-order valence-corrected chi connectivity index (χ4v) is 2.09. The summed E-state index contributed by atoms with van der Waals surface area (Å²) in [5.41, 5.74) is 8.98. The van der Waals surface area contributed by atoms with Gasteiger partial charge in [0.2, 0.25) is 0 Å². The van der Waals surface area contributed by atoms with E-state index in [1.165, 1.54) is 18.4 Å². The molecule has 0 unspecified atom stereocenters. The number of anilines is 1. The zero-order valence-corrected chi connectivity index (χ0v) is 8.30. The molecule has 2 N–H and O–H groups in total. The van der Waals surface area contributed by atoms with Gasteiger partial charge in [-0.1, -0.05) is 0 Å². The van der Waals surface area contributed by atoms with Crippen molar-refractivity contribution >= 4 is 33.2 Å². The molecule has 5 heteroatoms. The Morgan fingerprint density at radius 3 is 3.07 bits per heavy atom. The van der Waals surface area contributed by atoms with E-state index in [0.717, 1.165) is 10.2 Å². The van der Waals surface area contributed by atoms with E-state index in [-0.39, 0.29) is 0 Å². The Morgan fingerprint density at radius 1 is 1.57 bits per heavy atom. The number of methoxy groups -OCH3 is 1. The lowest BCUT2D eigenvalue weighted by Crippen LogP contribution is -2.05. The first-order valence-electron chi connectivity index (χ1n) is 3.94. The van der Waals surface area contributed by atoms with E-state index in [4.69, 9.17) is 5.73 Å². The van der Waals surface area contributed by atoms with Crippen LogP contribution in [0.3, 0.4) is 0 Å². The predicted octanol–water partition coefficient (Wildman–Crippen LogP) is 1.67. The third kappa shape index (κ3) is 1.22. The van der Waals surface area contributed by atoms with Crippen molar-refractivity contribution in [1.82, 2.24) is 4.98 Å². The lowest BCUT2D eigenvalue weighted by atomic mass is 10.1. The average Bonchev–Trinajstić information content (AvgIpc) is 2.64. The van der Waals surface area contributed by atoms with Gasteiger partial charge < -0.3 is 10.5 Å². The zero-order valence-electron chi connectivity index (χ0n) is 7.48. The van der Waals surface area contributed by atoms with Crippen LogP contribution < -0.4 is 5.73 Å². The van der Waals surface area contributed by atoms with E-state index in [0.29, 0.717) is 11.3 Å². The van der Waals surface area contributed by atoms with E-state index in [9.17, 15) is 4.79 Å². The van der Waals surface area contributed by atoms with Gasteiger partial charge in [0.25, 0.3) is 0 Å². The summed E-state index contributed by atoms with van der Waals surface area (Å²) in [4.78, 5) is 15.5. The van der Waals surface area contributed by atoms with Gasteiger partial charge >= 0.3 is 5.97 Å². The summed E-state index contributed by atoms with van der Waals surface area (Å²) in [5.74, 6) is -0.419. The molecule has 0 aliphatic carbocycles. The van der Waals surface area contributed by atoms with Crippen LogP contribution in [0, 0.1) is 0 Å². The Morgan fingerprint density at radius 2 is 2.36 bits per heavy atom. The van der Waals surface area contributed by atoms with Crippen LogP contribution in [-0.4, -0.2) is 18.1 Å². The van der Waals surface area contributed by atoms with Crippen molar-refractivity contribution in [3.63, 3.8) is 0 Å². The molecule has 0 aliphatic heterocycles. The molecule has 4 nitrogen and oxygen atoms in total. The molecule has 2 rings (SSSR count). The Kier molecular flexibility index (Phi) is 2.09. The average molecular weight is 208 g/mol. The molecular weight excluding hydrogens is 200 g/mol. The van der Waals surface area contributed by atoms with E-state index >= 15 is 0 Å². The van der Waals surface area contributed by atoms with Crippen LogP contribution in [-0.2, 0) is 4.74 Å².